The SMILES string of the molecule is CCCCC(=O)N(Cc1ccc(-c2ccc(OCC(=O)N3CCN(C)CC3)cc2)cc1)c1cccc(F)c1. The van der Waals surface area contributed by atoms with Crippen LogP contribution >= 0.6 is 0 Å². The number of ether oxygens (including phenoxy) is 1. The fourth-order valence-corrected chi connectivity index (χ4v) is 4.45. The Hall–Kier alpha value is -3.71. The molecule has 1 aliphatic heterocycles. The monoisotopic (exact) mass is 517 g/mol. The lowest BCUT2D eigenvalue weighted by atomic mass is 10.0. The molecule has 0 aromatic heterocycles. The molecular weight excluding hydrogens is 481 g/mol. The van der Waals surface area contributed by atoms with Crippen molar-refractivity contribution in [1.82, 2.24) is 9.80 Å². The second-order valence-corrected chi connectivity index (χ2v) is 9.76. The molecule has 38 heavy (non-hydrogen) atoms. The summed E-state index contributed by atoms with van der Waals surface area (Å²) in [5.41, 5.74) is 3.58. The van der Waals surface area contributed by atoms with Crippen molar-refractivity contribution in [1.29, 1.82) is 0 Å². The second-order valence-electron chi connectivity index (χ2n) is 9.76. The van der Waals surface area contributed by atoms with Crippen LogP contribution in [0.5, 0.6) is 5.75 Å². The molecular formula is C31H36FN3O3. The highest BCUT2D eigenvalue weighted by atomic mass is 19.1. The molecule has 3 aromatic rings. The first-order chi connectivity index (χ1) is 18.4. The third-order valence-electron chi connectivity index (χ3n) is 6.87. The van der Waals surface area contributed by atoms with Gasteiger partial charge in [-0.3, -0.25) is 9.59 Å². The zero-order chi connectivity index (χ0) is 26.9. The minimum absolute atomic E-state index is 0.0109. The maximum Gasteiger partial charge on any atom is 0.260 e. The molecule has 2 amide bonds. The number of nitrogens with zero attached hydrogens (tertiary/aromatic N) is 3. The number of benzene rings is 3. The Morgan fingerprint density at radius 2 is 1.58 bits per heavy atom. The number of carbonyl (C=O) groups is 2. The molecule has 6 nitrogen and oxygen atoms in total. The van der Waals surface area contributed by atoms with Gasteiger partial charge in [0.05, 0.1) is 6.54 Å². The molecule has 3 aromatic carbocycles. The van der Waals surface area contributed by atoms with E-state index in [1.165, 1.54) is 12.1 Å². The van der Waals surface area contributed by atoms with Crippen molar-refractivity contribution in [3.63, 3.8) is 0 Å². The summed E-state index contributed by atoms with van der Waals surface area (Å²) in [5, 5.41) is 0. The van der Waals surface area contributed by atoms with E-state index in [4.69, 9.17) is 4.74 Å². The summed E-state index contributed by atoms with van der Waals surface area (Å²) in [6.07, 6.45) is 2.15. The van der Waals surface area contributed by atoms with Crippen molar-refractivity contribution in [3.8, 4) is 16.9 Å². The van der Waals surface area contributed by atoms with Gasteiger partial charge in [-0.05, 0) is 60.5 Å². The van der Waals surface area contributed by atoms with Gasteiger partial charge in [-0.1, -0.05) is 55.8 Å². The van der Waals surface area contributed by atoms with Crippen LogP contribution in [0.15, 0.2) is 72.8 Å². The molecule has 200 valence electrons. The molecule has 7 heteroatoms. The van der Waals surface area contributed by atoms with Crippen LogP contribution in [-0.4, -0.2) is 61.4 Å². The topological polar surface area (TPSA) is 53.1 Å². The van der Waals surface area contributed by atoms with Crippen molar-refractivity contribution in [3.05, 3.63) is 84.2 Å². The van der Waals surface area contributed by atoms with E-state index in [-0.39, 0.29) is 24.2 Å². The minimum atomic E-state index is -0.359. The standard InChI is InChI=1S/C31H36FN3O3/c1-3-4-8-30(36)35(28-7-5-6-27(32)21-28)22-24-9-11-25(12-10-24)26-13-15-29(16-14-26)38-23-31(37)34-19-17-33(2)18-20-34/h5-7,9-16,21H,3-4,8,17-20,22-23H2,1-2H3. The van der Waals surface area contributed by atoms with E-state index in [1.807, 2.05) is 60.4 Å². The van der Waals surface area contributed by atoms with Crippen LogP contribution in [0.1, 0.15) is 31.7 Å². The number of hydrogen-bond donors (Lipinski definition) is 0. The van der Waals surface area contributed by atoms with Crippen molar-refractivity contribution in [2.24, 2.45) is 0 Å². The van der Waals surface area contributed by atoms with Gasteiger partial charge < -0.3 is 19.4 Å². The first-order valence-electron chi connectivity index (χ1n) is 13.3. The van der Waals surface area contributed by atoms with Crippen LogP contribution in [0.2, 0.25) is 0 Å². The quantitative estimate of drug-likeness (QED) is 0.363. The Morgan fingerprint density at radius 3 is 2.21 bits per heavy atom. The lowest BCUT2D eigenvalue weighted by Crippen LogP contribution is -2.48. The van der Waals surface area contributed by atoms with Crippen LogP contribution < -0.4 is 9.64 Å². The van der Waals surface area contributed by atoms with E-state index in [0.29, 0.717) is 24.4 Å². The number of amides is 2. The van der Waals surface area contributed by atoms with E-state index in [2.05, 4.69) is 11.9 Å². The lowest BCUT2D eigenvalue weighted by Gasteiger charge is -2.32. The number of carbonyl (C=O) groups excluding carboxylic acids is 2. The molecule has 1 saturated heterocycles. The van der Waals surface area contributed by atoms with E-state index in [1.54, 1.807) is 17.0 Å². The number of rotatable bonds is 10. The minimum Gasteiger partial charge on any atom is -0.484 e. The summed E-state index contributed by atoms with van der Waals surface area (Å²) < 4.78 is 19.6. The fraction of sp³-hybridized carbons (Fsp3) is 0.355. The second kappa shape index (κ2) is 13.2. The third-order valence-corrected chi connectivity index (χ3v) is 6.87. The maximum atomic E-state index is 13.9. The number of halogens is 1. The average molecular weight is 518 g/mol. The molecule has 1 fully saturated rings. The number of likely N-dealkylation sites (N-methyl/N-ethyl adjacent to an activating group) is 1. The summed E-state index contributed by atoms with van der Waals surface area (Å²) in [5.74, 6) is 0.299. The van der Waals surface area contributed by atoms with Gasteiger partial charge in [-0.2, -0.15) is 0 Å². The van der Waals surface area contributed by atoms with Crippen LogP contribution in [0.4, 0.5) is 10.1 Å². The highest BCUT2D eigenvalue weighted by molar-refractivity contribution is 5.93. The van der Waals surface area contributed by atoms with Gasteiger partial charge in [0.2, 0.25) is 5.91 Å². The van der Waals surface area contributed by atoms with Crippen LogP contribution in [0, 0.1) is 5.82 Å². The fourth-order valence-electron chi connectivity index (χ4n) is 4.45. The molecule has 0 radical (unpaired) electrons. The van der Waals surface area contributed by atoms with Gasteiger partial charge in [0.25, 0.3) is 5.91 Å². The van der Waals surface area contributed by atoms with Crippen molar-refractivity contribution < 1.29 is 18.7 Å². The molecule has 1 heterocycles. The predicted octanol–water partition coefficient (Wildman–Crippen LogP) is 5.37. The number of hydrogen-bond acceptors (Lipinski definition) is 4. The number of unbranched alkanes of at least 4 members (excludes halogenated alkanes) is 1. The van der Waals surface area contributed by atoms with Crippen molar-refractivity contribution in [2.45, 2.75) is 32.7 Å². The Morgan fingerprint density at radius 1 is 0.921 bits per heavy atom. The van der Waals surface area contributed by atoms with Crippen LogP contribution in [-0.2, 0) is 16.1 Å². The van der Waals surface area contributed by atoms with E-state index >= 15 is 0 Å². The van der Waals surface area contributed by atoms with E-state index in [0.717, 1.165) is 55.7 Å². The normalized spacial score (nSPS) is 13.8. The average Bonchev–Trinajstić information content (AvgIpc) is 2.94. The molecule has 0 spiro atoms. The summed E-state index contributed by atoms with van der Waals surface area (Å²) in [6, 6.07) is 21.9. The Labute approximate surface area is 224 Å². The van der Waals surface area contributed by atoms with Crippen LogP contribution in [0.25, 0.3) is 11.1 Å². The molecule has 1 aliphatic rings. The first kappa shape index (κ1) is 27.3. The van der Waals surface area contributed by atoms with E-state index in [9.17, 15) is 14.0 Å². The molecule has 0 aliphatic carbocycles. The Kier molecular flexibility index (Phi) is 9.49. The predicted molar refractivity (Wildman–Crippen MR) is 149 cm³/mol. The van der Waals surface area contributed by atoms with Crippen molar-refractivity contribution in [2.75, 3.05) is 44.7 Å². The molecule has 0 bridgehead atoms. The maximum absolute atomic E-state index is 13.9. The van der Waals surface area contributed by atoms with Gasteiger partial charge in [-0.25, -0.2) is 4.39 Å². The highest BCUT2D eigenvalue weighted by Crippen LogP contribution is 2.25. The smallest absolute Gasteiger partial charge is 0.260 e. The summed E-state index contributed by atoms with van der Waals surface area (Å²) in [6.45, 7) is 5.71. The van der Waals surface area contributed by atoms with Crippen LogP contribution in [0.3, 0.4) is 0 Å². The van der Waals surface area contributed by atoms with Gasteiger partial charge in [0, 0.05) is 38.3 Å². The summed E-state index contributed by atoms with van der Waals surface area (Å²) in [7, 11) is 2.06. The summed E-state index contributed by atoms with van der Waals surface area (Å²) >= 11 is 0. The lowest BCUT2D eigenvalue weighted by molar-refractivity contribution is -0.134. The zero-order valence-corrected chi connectivity index (χ0v) is 22.2. The first-order valence-corrected chi connectivity index (χ1v) is 13.3. The van der Waals surface area contributed by atoms with Gasteiger partial charge in [-0.15, -0.1) is 0 Å². The molecule has 0 saturated carbocycles. The van der Waals surface area contributed by atoms with Gasteiger partial charge in [0.1, 0.15) is 11.6 Å². The number of piperazine rings is 1. The number of anilines is 1. The molecule has 0 atom stereocenters. The largest absolute Gasteiger partial charge is 0.484 e. The van der Waals surface area contributed by atoms with Gasteiger partial charge in [0.15, 0.2) is 6.61 Å². The Balaban J connectivity index is 1.37. The van der Waals surface area contributed by atoms with Crippen molar-refractivity contribution >= 4 is 17.5 Å². The zero-order valence-electron chi connectivity index (χ0n) is 22.2. The molecule has 0 N–H and O–H groups in total. The Bertz CT molecular complexity index is 1210. The highest BCUT2D eigenvalue weighted by Gasteiger charge is 2.19. The molecule has 0 unspecified atom stereocenters. The van der Waals surface area contributed by atoms with Gasteiger partial charge >= 0.3 is 0 Å². The summed E-state index contributed by atoms with van der Waals surface area (Å²) in [4.78, 5) is 31.0. The molecule has 4 rings (SSSR count). The van der Waals surface area contributed by atoms with E-state index < -0.39 is 0 Å². The third kappa shape index (κ3) is 7.42.